The molecule has 0 N–H and O–H groups in total. The predicted molar refractivity (Wildman–Crippen MR) is 170 cm³/mol. The Bertz CT molecular complexity index is 1670. The van der Waals surface area contributed by atoms with Crippen LogP contribution in [0.2, 0.25) is 0 Å². The molecule has 0 spiro atoms. The molecule has 5 aromatic carbocycles. The minimum Gasteiger partial charge on any atom is -0.226 e. The smallest absolute Gasteiger partial charge is 0.226 e. The first-order chi connectivity index (χ1) is 19.4. The first-order valence-electron chi connectivity index (χ1n) is 14.2. The minimum atomic E-state index is 0.153. The van der Waals surface area contributed by atoms with Crippen LogP contribution in [0.25, 0.3) is 22.3 Å². The lowest BCUT2D eigenvalue weighted by Gasteiger charge is -2.22. The Morgan fingerprint density at radius 1 is 0.550 bits per heavy atom. The van der Waals surface area contributed by atoms with Crippen molar-refractivity contribution in [3.63, 3.8) is 0 Å². The van der Waals surface area contributed by atoms with Crippen LogP contribution in [0.15, 0.2) is 115 Å². The predicted octanol–water partition coefficient (Wildman–Crippen LogP) is 9.58. The molecule has 0 saturated heterocycles. The standard InChI is InChI=1S/C38H37N2/c1-26-19-27(2)22-32(21-26)34-15-9-11-17-36(34)39-25-40(38(30(39)5)31-13-7-6-8-14-31)37-18-12-10-16-35(37)33-23-28(3)20-29(4)24-33/h6-25,30,38H,1-5H3/q+1/t30-,38+/m0/s1. The molecule has 1 aliphatic rings. The zero-order chi connectivity index (χ0) is 27.8. The molecule has 5 aromatic rings. The summed E-state index contributed by atoms with van der Waals surface area (Å²) < 4.78 is 2.49. The van der Waals surface area contributed by atoms with E-state index in [0.717, 1.165) is 0 Å². The number of anilines is 1. The Hall–Kier alpha value is -4.43. The summed E-state index contributed by atoms with van der Waals surface area (Å²) in [6.07, 6.45) is 2.34. The van der Waals surface area contributed by atoms with Crippen LogP contribution in [0.5, 0.6) is 0 Å². The summed E-state index contributed by atoms with van der Waals surface area (Å²) in [5.41, 5.74) is 13.9. The van der Waals surface area contributed by atoms with Crippen LogP contribution >= 0.6 is 0 Å². The van der Waals surface area contributed by atoms with E-state index in [-0.39, 0.29) is 12.1 Å². The van der Waals surface area contributed by atoms with E-state index in [9.17, 15) is 0 Å². The van der Waals surface area contributed by atoms with Gasteiger partial charge in [-0.15, -0.1) is 0 Å². The molecule has 2 heteroatoms. The van der Waals surface area contributed by atoms with Gasteiger partial charge in [-0.2, -0.15) is 0 Å². The van der Waals surface area contributed by atoms with E-state index >= 15 is 0 Å². The molecule has 0 aromatic heterocycles. The van der Waals surface area contributed by atoms with Crippen LogP contribution < -0.4 is 4.90 Å². The van der Waals surface area contributed by atoms with Crippen LogP contribution in [0.4, 0.5) is 11.4 Å². The molecule has 0 fully saturated rings. The summed E-state index contributed by atoms with van der Waals surface area (Å²) in [6.45, 7) is 11.1. The summed E-state index contributed by atoms with van der Waals surface area (Å²) in [4.78, 5) is 2.48. The van der Waals surface area contributed by atoms with E-state index < -0.39 is 0 Å². The lowest BCUT2D eigenvalue weighted by Crippen LogP contribution is -2.31. The highest BCUT2D eigenvalue weighted by Gasteiger charge is 2.43. The van der Waals surface area contributed by atoms with Crippen molar-refractivity contribution in [2.75, 3.05) is 4.90 Å². The van der Waals surface area contributed by atoms with Gasteiger partial charge in [0.1, 0.15) is 17.4 Å². The second-order valence-electron chi connectivity index (χ2n) is 11.3. The fourth-order valence-corrected chi connectivity index (χ4v) is 6.42. The zero-order valence-corrected chi connectivity index (χ0v) is 24.1. The third-order valence-corrected chi connectivity index (χ3v) is 8.02. The number of hydrogen-bond acceptors (Lipinski definition) is 1. The van der Waals surface area contributed by atoms with Gasteiger partial charge in [0.2, 0.25) is 6.34 Å². The summed E-state index contributed by atoms with van der Waals surface area (Å²) in [6, 6.07) is 42.7. The van der Waals surface area contributed by atoms with E-state index in [1.165, 1.54) is 61.4 Å². The van der Waals surface area contributed by atoms with Gasteiger partial charge in [0.15, 0.2) is 6.04 Å². The van der Waals surface area contributed by atoms with Crippen LogP contribution in [0, 0.1) is 27.7 Å². The van der Waals surface area contributed by atoms with Crippen molar-refractivity contribution >= 4 is 17.7 Å². The molecule has 1 aliphatic heterocycles. The first kappa shape index (κ1) is 25.8. The number of hydrogen-bond donors (Lipinski definition) is 0. The van der Waals surface area contributed by atoms with Gasteiger partial charge in [0.05, 0.1) is 0 Å². The number of rotatable bonds is 5. The Balaban J connectivity index is 1.55. The van der Waals surface area contributed by atoms with Crippen molar-refractivity contribution in [2.45, 2.75) is 46.7 Å². The number of aryl methyl sites for hydroxylation is 4. The molecule has 0 saturated carbocycles. The summed E-state index contributed by atoms with van der Waals surface area (Å²) in [5, 5.41) is 0. The maximum absolute atomic E-state index is 2.49. The Morgan fingerprint density at radius 3 is 1.68 bits per heavy atom. The molecule has 2 atom stereocenters. The molecule has 40 heavy (non-hydrogen) atoms. The maximum Gasteiger partial charge on any atom is 0.245 e. The highest BCUT2D eigenvalue weighted by Crippen LogP contribution is 2.42. The normalized spacial score (nSPS) is 16.7. The average molecular weight is 522 g/mol. The minimum absolute atomic E-state index is 0.153. The molecule has 0 bridgehead atoms. The van der Waals surface area contributed by atoms with Crippen LogP contribution in [0.3, 0.4) is 0 Å². The number of nitrogens with zero attached hydrogens (tertiary/aromatic N) is 2. The Labute approximate surface area is 238 Å². The van der Waals surface area contributed by atoms with E-state index in [2.05, 4.69) is 166 Å². The summed E-state index contributed by atoms with van der Waals surface area (Å²) in [5.74, 6) is 0. The van der Waals surface area contributed by atoms with Gasteiger partial charge in [-0.05, 0) is 57.9 Å². The van der Waals surface area contributed by atoms with Gasteiger partial charge in [-0.1, -0.05) is 125 Å². The van der Waals surface area contributed by atoms with Crippen LogP contribution in [-0.4, -0.2) is 17.0 Å². The lowest BCUT2D eigenvalue weighted by molar-refractivity contribution is -0.479. The highest BCUT2D eigenvalue weighted by atomic mass is 15.3. The van der Waals surface area contributed by atoms with E-state index in [1.54, 1.807) is 0 Å². The molecule has 0 unspecified atom stereocenters. The number of benzene rings is 5. The van der Waals surface area contributed by atoms with Crippen LogP contribution in [0.1, 0.15) is 40.8 Å². The van der Waals surface area contributed by atoms with Crippen molar-refractivity contribution in [2.24, 2.45) is 0 Å². The fraction of sp³-hybridized carbons (Fsp3) is 0.184. The van der Waals surface area contributed by atoms with Gasteiger partial charge in [0, 0.05) is 16.7 Å². The Kier molecular flexibility index (Phi) is 6.86. The molecule has 0 radical (unpaired) electrons. The lowest BCUT2D eigenvalue weighted by atomic mass is 9.95. The van der Waals surface area contributed by atoms with Crippen molar-refractivity contribution < 1.29 is 4.58 Å². The second kappa shape index (κ2) is 10.6. The molecule has 2 nitrogen and oxygen atoms in total. The van der Waals surface area contributed by atoms with E-state index in [0.29, 0.717) is 0 Å². The van der Waals surface area contributed by atoms with Gasteiger partial charge < -0.3 is 0 Å². The van der Waals surface area contributed by atoms with Crippen molar-refractivity contribution in [1.29, 1.82) is 0 Å². The molecular weight excluding hydrogens is 484 g/mol. The topological polar surface area (TPSA) is 6.25 Å². The van der Waals surface area contributed by atoms with E-state index in [4.69, 9.17) is 0 Å². The van der Waals surface area contributed by atoms with Gasteiger partial charge in [-0.25, -0.2) is 9.48 Å². The molecule has 198 valence electrons. The van der Waals surface area contributed by atoms with Crippen molar-refractivity contribution in [3.8, 4) is 22.3 Å². The van der Waals surface area contributed by atoms with E-state index in [1.807, 2.05) is 0 Å². The van der Waals surface area contributed by atoms with Gasteiger partial charge >= 0.3 is 0 Å². The SMILES string of the molecule is Cc1cc(C)cc(-c2ccccc2N2C=[N+](c3ccccc3-c3cc(C)cc(C)c3)[C@@H](c3ccccc3)[C@@H]2C)c1. The van der Waals surface area contributed by atoms with Gasteiger partial charge in [-0.3, -0.25) is 0 Å². The molecule has 1 heterocycles. The average Bonchev–Trinajstić information content (AvgIpc) is 3.29. The maximum atomic E-state index is 2.49. The molecular formula is C38H37N2+. The first-order valence-corrected chi connectivity index (χ1v) is 14.2. The monoisotopic (exact) mass is 521 g/mol. The fourth-order valence-electron chi connectivity index (χ4n) is 6.42. The van der Waals surface area contributed by atoms with Crippen molar-refractivity contribution in [3.05, 3.63) is 143 Å². The quantitative estimate of drug-likeness (QED) is 0.209. The zero-order valence-electron chi connectivity index (χ0n) is 24.1. The third kappa shape index (κ3) is 4.86. The second-order valence-corrected chi connectivity index (χ2v) is 11.3. The van der Waals surface area contributed by atoms with Gasteiger partial charge in [0.25, 0.3) is 0 Å². The van der Waals surface area contributed by atoms with Crippen molar-refractivity contribution in [1.82, 2.24) is 0 Å². The highest BCUT2D eigenvalue weighted by molar-refractivity contribution is 5.90. The molecule has 6 rings (SSSR count). The Morgan fingerprint density at radius 2 is 1.05 bits per heavy atom. The molecule has 0 aliphatic carbocycles. The third-order valence-electron chi connectivity index (χ3n) is 8.02. The largest absolute Gasteiger partial charge is 0.245 e. The summed E-state index contributed by atoms with van der Waals surface area (Å²) >= 11 is 0. The summed E-state index contributed by atoms with van der Waals surface area (Å²) in [7, 11) is 0. The van der Waals surface area contributed by atoms with Crippen LogP contribution in [-0.2, 0) is 0 Å². The molecule has 0 amide bonds. The number of para-hydroxylation sites is 2.